The van der Waals surface area contributed by atoms with Gasteiger partial charge in [-0.15, -0.1) is 10.2 Å². The van der Waals surface area contributed by atoms with Crippen LogP contribution in [0.2, 0.25) is 0 Å². The number of hydrogen-bond donors (Lipinski definition) is 1. The summed E-state index contributed by atoms with van der Waals surface area (Å²) in [5.41, 5.74) is 0. The van der Waals surface area contributed by atoms with Crippen molar-refractivity contribution >= 4 is 17.7 Å². The minimum Gasteiger partial charge on any atom is -0.484 e. The Bertz CT molecular complexity index is 721. The average molecular weight is 359 g/mol. The van der Waals surface area contributed by atoms with Crippen LogP contribution in [0.1, 0.15) is 31.6 Å². The summed E-state index contributed by atoms with van der Waals surface area (Å²) in [5.74, 6) is 3.01. The van der Waals surface area contributed by atoms with Gasteiger partial charge in [0.05, 0.1) is 5.75 Å². The van der Waals surface area contributed by atoms with E-state index in [1.54, 1.807) is 0 Å². The van der Waals surface area contributed by atoms with Crippen LogP contribution in [0.3, 0.4) is 0 Å². The van der Waals surface area contributed by atoms with Crippen LogP contribution < -0.4 is 10.1 Å². The van der Waals surface area contributed by atoms with E-state index in [1.165, 1.54) is 31.0 Å². The Labute approximate surface area is 150 Å². The van der Waals surface area contributed by atoms with Gasteiger partial charge in [0.15, 0.2) is 6.61 Å². The molecule has 1 amide bonds. The molecule has 0 unspecified atom stereocenters. The van der Waals surface area contributed by atoms with Crippen molar-refractivity contribution in [2.24, 2.45) is 11.8 Å². The normalized spacial score (nSPS) is 24.4. The molecule has 6 nitrogen and oxygen atoms in total. The molecule has 1 N–H and O–H groups in total. The van der Waals surface area contributed by atoms with Crippen molar-refractivity contribution in [3.63, 3.8) is 0 Å². The van der Waals surface area contributed by atoms with Crippen molar-refractivity contribution in [2.45, 2.75) is 43.6 Å². The number of ether oxygens (including phenoxy) is 1. The van der Waals surface area contributed by atoms with Crippen LogP contribution in [0.5, 0.6) is 5.75 Å². The van der Waals surface area contributed by atoms with Gasteiger partial charge in [-0.25, -0.2) is 0 Å². The van der Waals surface area contributed by atoms with Crippen molar-refractivity contribution in [3.05, 3.63) is 36.2 Å². The zero-order chi connectivity index (χ0) is 17.1. The molecule has 0 saturated heterocycles. The second kappa shape index (κ2) is 7.47. The van der Waals surface area contributed by atoms with Gasteiger partial charge in [0.2, 0.25) is 5.91 Å². The van der Waals surface area contributed by atoms with Crippen molar-refractivity contribution < 1.29 is 13.9 Å². The van der Waals surface area contributed by atoms with E-state index in [4.69, 9.17) is 9.15 Å². The van der Waals surface area contributed by atoms with E-state index in [0.717, 1.165) is 18.1 Å². The third-order valence-corrected chi connectivity index (χ3v) is 5.78. The summed E-state index contributed by atoms with van der Waals surface area (Å²) in [7, 11) is 0. The molecule has 2 aliphatic rings. The fourth-order valence-electron chi connectivity index (χ4n) is 3.81. The Morgan fingerprint density at radius 2 is 2.12 bits per heavy atom. The molecule has 0 spiro atoms. The molecule has 1 heterocycles. The van der Waals surface area contributed by atoms with Gasteiger partial charge in [-0.3, -0.25) is 4.79 Å². The Kier molecular flexibility index (Phi) is 4.92. The van der Waals surface area contributed by atoms with Crippen molar-refractivity contribution in [1.82, 2.24) is 15.5 Å². The second-order valence-electron chi connectivity index (χ2n) is 6.70. The van der Waals surface area contributed by atoms with E-state index in [0.29, 0.717) is 28.8 Å². The Morgan fingerprint density at radius 1 is 1.24 bits per heavy atom. The maximum absolute atomic E-state index is 12.1. The molecular weight excluding hydrogens is 338 g/mol. The molecule has 2 saturated carbocycles. The Hall–Kier alpha value is -2.02. The molecule has 132 valence electrons. The summed E-state index contributed by atoms with van der Waals surface area (Å²) >= 11 is 1.27. The number of hydrogen-bond acceptors (Lipinski definition) is 6. The maximum atomic E-state index is 12.1. The summed E-state index contributed by atoms with van der Waals surface area (Å²) in [6.07, 6.45) is 5.02. The number of benzene rings is 1. The molecule has 2 fully saturated rings. The molecule has 0 radical (unpaired) electrons. The molecule has 4 rings (SSSR count). The number of para-hydroxylation sites is 1. The summed E-state index contributed by atoms with van der Waals surface area (Å²) in [6.45, 7) is 0.217. The van der Waals surface area contributed by atoms with E-state index in [2.05, 4.69) is 15.5 Å². The Morgan fingerprint density at radius 3 is 2.88 bits per heavy atom. The van der Waals surface area contributed by atoms with E-state index < -0.39 is 0 Å². The smallest absolute Gasteiger partial charge is 0.277 e. The Balaban J connectivity index is 1.21. The number of nitrogens with zero attached hydrogens (tertiary/aromatic N) is 2. The molecule has 1 aromatic carbocycles. The largest absolute Gasteiger partial charge is 0.484 e. The zero-order valence-corrected chi connectivity index (χ0v) is 14.7. The van der Waals surface area contributed by atoms with Crippen molar-refractivity contribution in [3.8, 4) is 5.75 Å². The molecule has 3 atom stereocenters. The third kappa shape index (κ3) is 4.15. The number of carbonyl (C=O) groups excluding carboxylic acids is 1. The van der Waals surface area contributed by atoms with Gasteiger partial charge in [0.1, 0.15) is 5.75 Å². The van der Waals surface area contributed by atoms with Crippen molar-refractivity contribution in [2.75, 3.05) is 5.75 Å². The highest BCUT2D eigenvalue weighted by atomic mass is 32.2. The lowest BCUT2D eigenvalue weighted by atomic mass is 9.95. The molecule has 7 heteroatoms. The van der Waals surface area contributed by atoms with Crippen LogP contribution in [0, 0.1) is 11.8 Å². The molecule has 2 aromatic rings. The van der Waals surface area contributed by atoms with Crippen LogP contribution >= 0.6 is 11.8 Å². The molecule has 0 aliphatic heterocycles. The average Bonchev–Trinajstić information content (AvgIpc) is 3.36. The van der Waals surface area contributed by atoms with Crippen LogP contribution in [-0.2, 0) is 11.4 Å². The number of carbonyl (C=O) groups is 1. The van der Waals surface area contributed by atoms with Crippen molar-refractivity contribution in [1.29, 1.82) is 0 Å². The first-order chi connectivity index (χ1) is 12.3. The molecule has 2 bridgehead atoms. The summed E-state index contributed by atoms with van der Waals surface area (Å²) in [5, 5.41) is 11.5. The SMILES string of the molecule is O=C(CSc1nnc(COc2ccccc2)o1)N[C@H]1C[C@@H]2CC[C@@H]1C2. The maximum Gasteiger partial charge on any atom is 0.277 e. The second-order valence-corrected chi connectivity index (χ2v) is 7.63. The fraction of sp³-hybridized carbons (Fsp3) is 0.500. The minimum atomic E-state index is 0.0443. The highest BCUT2D eigenvalue weighted by molar-refractivity contribution is 7.99. The zero-order valence-electron chi connectivity index (χ0n) is 13.9. The number of fused-ring (bicyclic) bond motifs is 2. The van der Waals surface area contributed by atoms with Gasteiger partial charge in [-0.1, -0.05) is 36.4 Å². The number of thioether (sulfide) groups is 1. The van der Waals surface area contributed by atoms with Gasteiger partial charge in [0.25, 0.3) is 11.1 Å². The highest BCUT2D eigenvalue weighted by Gasteiger charge is 2.40. The van der Waals surface area contributed by atoms with Gasteiger partial charge < -0.3 is 14.5 Å². The molecule has 2 aliphatic carbocycles. The van der Waals surface area contributed by atoms with Crippen LogP contribution in [0.25, 0.3) is 0 Å². The number of aromatic nitrogens is 2. The topological polar surface area (TPSA) is 77.2 Å². The lowest BCUT2D eigenvalue weighted by molar-refractivity contribution is -0.119. The fourth-order valence-corrected chi connectivity index (χ4v) is 4.41. The van der Waals surface area contributed by atoms with E-state index in [9.17, 15) is 4.79 Å². The van der Waals surface area contributed by atoms with Gasteiger partial charge in [-0.05, 0) is 43.2 Å². The van der Waals surface area contributed by atoms with Gasteiger partial charge in [-0.2, -0.15) is 0 Å². The molecule has 1 aromatic heterocycles. The lowest BCUT2D eigenvalue weighted by Gasteiger charge is -2.22. The number of nitrogens with one attached hydrogen (secondary N) is 1. The first kappa shape index (κ1) is 16.4. The standard InChI is InChI=1S/C18H21N3O3S/c22-16(19-15-9-12-6-7-13(15)8-12)11-25-18-21-20-17(24-18)10-23-14-4-2-1-3-5-14/h1-5,12-13,15H,6-11H2,(H,19,22)/t12-,13-,15+/m1/s1. The van der Waals surface area contributed by atoms with E-state index >= 15 is 0 Å². The van der Waals surface area contributed by atoms with Crippen LogP contribution in [-0.4, -0.2) is 27.9 Å². The quantitative estimate of drug-likeness (QED) is 0.766. The summed E-state index contributed by atoms with van der Waals surface area (Å²) in [4.78, 5) is 12.1. The lowest BCUT2D eigenvalue weighted by Crippen LogP contribution is -2.39. The first-order valence-corrected chi connectivity index (χ1v) is 9.67. The number of rotatable bonds is 7. The number of amides is 1. The monoisotopic (exact) mass is 359 g/mol. The third-order valence-electron chi connectivity index (χ3n) is 4.97. The van der Waals surface area contributed by atoms with E-state index in [-0.39, 0.29) is 12.5 Å². The molecule has 25 heavy (non-hydrogen) atoms. The predicted molar refractivity (Wildman–Crippen MR) is 93.2 cm³/mol. The summed E-state index contributed by atoms with van der Waals surface area (Å²) < 4.78 is 11.1. The predicted octanol–water partition coefficient (Wildman–Crippen LogP) is 3.05. The van der Waals surface area contributed by atoms with Crippen LogP contribution in [0.4, 0.5) is 0 Å². The molecular formula is C18H21N3O3S. The van der Waals surface area contributed by atoms with Gasteiger partial charge in [0, 0.05) is 6.04 Å². The first-order valence-electron chi connectivity index (χ1n) is 8.68. The minimum absolute atomic E-state index is 0.0443. The summed E-state index contributed by atoms with van der Waals surface area (Å²) in [6, 6.07) is 9.83. The highest BCUT2D eigenvalue weighted by Crippen LogP contribution is 2.44. The van der Waals surface area contributed by atoms with E-state index in [1.807, 2.05) is 30.3 Å². The van der Waals surface area contributed by atoms with Crippen LogP contribution in [0.15, 0.2) is 40.0 Å². The van der Waals surface area contributed by atoms with Gasteiger partial charge >= 0.3 is 0 Å².